The second-order valence-corrected chi connectivity index (χ2v) is 4.74. The summed E-state index contributed by atoms with van der Waals surface area (Å²) in [5, 5.41) is 12.5. The molecule has 0 spiro atoms. The van der Waals surface area contributed by atoms with Gasteiger partial charge in [-0.1, -0.05) is 6.07 Å². The molecule has 6 nitrogen and oxygen atoms in total. The quantitative estimate of drug-likeness (QED) is 0.678. The van der Waals surface area contributed by atoms with Gasteiger partial charge in [-0.2, -0.15) is 0 Å². The fourth-order valence-corrected chi connectivity index (χ4v) is 2.21. The highest BCUT2D eigenvalue weighted by Gasteiger charge is 2.21. The number of amides is 1. The van der Waals surface area contributed by atoms with Crippen molar-refractivity contribution in [2.45, 2.75) is 18.9 Å². The van der Waals surface area contributed by atoms with Gasteiger partial charge in [0.25, 0.3) is 5.91 Å². The van der Waals surface area contributed by atoms with Crippen LogP contribution in [0.5, 0.6) is 0 Å². The molecule has 1 aromatic heterocycles. The Kier molecular flexibility index (Phi) is 4.94. The zero-order valence-electron chi connectivity index (χ0n) is 11.8. The molecule has 1 amide bonds. The Morgan fingerprint density at radius 3 is 2.90 bits per heavy atom. The lowest BCUT2D eigenvalue weighted by molar-refractivity contribution is -0.139. The number of carboxylic acid groups (broad SMARTS) is 1. The maximum Gasteiger partial charge on any atom is 0.326 e. The Balaban J connectivity index is 2.11. The van der Waals surface area contributed by atoms with E-state index in [-0.39, 0.29) is 5.91 Å². The van der Waals surface area contributed by atoms with Crippen molar-refractivity contribution in [3.8, 4) is 0 Å². The molecule has 0 aliphatic rings. The van der Waals surface area contributed by atoms with Crippen LogP contribution in [0.25, 0.3) is 10.9 Å². The van der Waals surface area contributed by atoms with Crippen molar-refractivity contribution in [3.63, 3.8) is 0 Å². The van der Waals surface area contributed by atoms with E-state index in [4.69, 9.17) is 4.74 Å². The van der Waals surface area contributed by atoms with Crippen molar-refractivity contribution in [2.24, 2.45) is 0 Å². The van der Waals surface area contributed by atoms with Gasteiger partial charge in [0.1, 0.15) is 6.04 Å². The van der Waals surface area contributed by atoms with Gasteiger partial charge in [0, 0.05) is 36.4 Å². The number of fused-ring (bicyclic) bond motifs is 1. The van der Waals surface area contributed by atoms with E-state index in [2.05, 4.69) is 10.3 Å². The van der Waals surface area contributed by atoms with E-state index < -0.39 is 12.0 Å². The third-order valence-electron chi connectivity index (χ3n) is 3.28. The van der Waals surface area contributed by atoms with E-state index in [0.717, 1.165) is 10.9 Å². The molecule has 1 atom stereocenters. The molecule has 3 N–H and O–H groups in total. The Labute approximate surface area is 122 Å². The van der Waals surface area contributed by atoms with Gasteiger partial charge in [0.05, 0.1) is 0 Å². The number of aromatic amines is 1. The highest BCUT2D eigenvalue weighted by Crippen LogP contribution is 2.17. The molecular formula is C15H18N2O4. The molecule has 21 heavy (non-hydrogen) atoms. The first kappa shape index (κ1) is 15.1. The van der Waals surface area contributed by atoms with Gasteiger partial charge in [-0.15, -0.1) is 0 Å². The van der Waals surface area contributed by atoms with E-state index in [1.54, 1.807) is 31.5 Å². The molecule has 112 valence electrons. The van der Waals surface area contributed by atoms with Crippen LogP contribution in [0.4, 0.5) is 0 Å². The number of carbonyl (C=O) groups is 2. The molecule has 0 fully saturated rings. The van der Waals surface area contributed by atoms with Gasteiger partial charge in [-0.3, -0.25) is 4.79 Å². The van der Waals surface area contributed by atoms with Crippen molar-refractivity contribution in [3.05, 3.63) is 36.0 Å². The zero-order valence-corrected chi connectivity index (χ0v) is 11.8. The predicted molar refractivity (Wildman–Crippen MR) is 78.3 cm³/mol. The number of nitrogens with one attached hydrogen (secondary N) is 2. The second-order valence-electron chi connectivity index (χ2n) is 4.74. The largest absolute Gasteiger partial charge is 0.480 e. The molecule has 6 heteroatoms. The number of aliphatic carboxylic acids is 1. The molecular weight excluding hydrogens is 272 g/mol. The van der Waals surface area contributed by atoms with Gasteiger partial charge in [0.2, 0.25) is 0 Å². The van der Waals surface area contributed by atoms with E-state index in [1.165, 1.54) is 0 Å². The second kappa shape index (κ2) is 6.90. The Hall–Kier alpha value is -2.34. The van der Waals surface area contributed by atoms with Crippen LogP contribution in [0.1, 0.15) is 23.2 Å². The molecule has 0 aliphatic heterocycles. The van der Waals surface area contributed by atoms with Crippen LogP contribution in [0, 0.1) is 0 Å². The number of H-pyrrole nitrogens is 1. The highest BCUT2D eigenvalue weighted by atomic mass is 16.5. The first-order valence-corrected chi connectivity index (χ1v) is 6.72. The molecule has 2 rings (SSSR count). The zero-order chi connectivity index (χ0) is 15.2. The Morgan fingerprint density at radius 1 is 1.38 bits per heavy atom. The third-order valence-corrected chi connectivity index (χ3v) is 3.28. The molecule has 0 bridgehead atoms. The van der Waals surface area contributed by atoms with Crippen molar-refractivity contribution in [1.29, 1.82) is 0 Å². The summed E-state index contributed by atoms with van der Waals surface area (Å²) in [5.41, 5.74) is 1.31. The highest BCUT2D eigenvalue weighted by molar-refractivity contribution is 6.07. The van der Waals surface area contributed by atoms with Crippen LogP contribution >= 0.6 is 0 Å². The van der Waals surface area contributed by atoms with Gasteiger partial charge in [0.15, 0.2) is 0 Å². The van der Waals surface area contributed by atoms with Crippen LogP contribution in [0.15, 0.2) is 30.5 Å². The summed E-state index contributed by atoms with van der Waals surface area (Å²) in [4.78, 5) is 26.5. The lowest BCUT2D eigenvalue weighted by Gasteiger charge is -2.14. The molecule has 1 unspecified atom stereocenters. The summed E-state index contributed by atoms with van der Waals surface area (Å²) in [5.74, 6) is -1.43. The SMILES string of the molecule is COCCCC(NC(=O)c1cccc2[nH]ccc12)C(=O)O. The van der Waals surface area contributed by atoms with Crippen LogP contribution in [0.2, 0.25) is 0 Å². The average molecular weight is 290 g/mol. The van der Waals surface area contributed by atoms with Crippen molar-refractivity contribution < 1.29 is 19.4 Å². The lowest BCUT2D eigenvalue weighted by Crippen LogP contribution is -2.41. The number of hydrogen-bond donors (Lipinski definition) is 3. The number of ether oxygens (including phenoxy) is 1. The summed E-state index contributed by atoms with van der Waals surface area (Å²) in [6, 6.07) is 6.18. The monoisotopic (exact) mass is 290 g/mol. The third kappa shape index (κ3) is 3.61. The Morgan fingerprint density at radius 2 is 2.19 bits per heavy atom. The average Bonchev–Trinajstić information content (AvgIpc) is 2.94. The van der Waals surface area contributed by atoms with Crippen molar-refractivity contribution >= 4 is 22.8 Å². The summed E-state index contributed by atoms with van der Waals surface area (Å²) < 4.78 is 4.90. The van der Waals surface area contributed by atoms with Gasteiger partial charge in [-0.25, -0.2) is 4.79 Å². The summed E-state index contributed by atoms with van der Waals surface area (Å²) in [6.45, 7) is 0.465. The van der Waals surface area contributed by atoms with E-state index in [0.29, 0.717) is 25.0 Å². The summed E-state index contributed by atoms with van der Waals surface area (Å²) in [7, 11) is 1.56. The molecule has 0 aliphatic carbocycles. The molecule has 1 aromatic carbocycles. The topological polar surface area (TPSA) is 91.4 Å². The van der Waals surface area contributed by atoms with Crippen LogP contribution in [0.3, 0.4) is 0 Å². The maximum atomic E-state index is 12.3. The lowest BCUT2D eigenvalue weighted by atomic mass is 10.1. The predicted octanol–water partition coefficient (Wildman–Crippen LogP) is 1.78. The maximum absolute atomic E-state index is 12.3. The van der Waals surface area contributed by atoms with E-state index >= 15 is 0 Å². The van der Waals surface area contributed by atoms with Crippen LogP contribution < -0.4 is 5.32 Å². The normalized spacial score (nSPS) is 12.2. The molecule has 0 saturated heterocycles. The Bertz CT molecular complexity index is 635. The fraction of sp³-hybridized carbons (Fsp3) is 0.333. The smallest absolute Gasteiger partial charge is 0.326 e. The number of rotatable bonds is 7. The van der Waals surface area contributed by atoms with Gasteiger partial charge in [-0.05, 0) is 31.0 Å². The van der Waals surface area contributed by atoms with Crippen molar-refractivity contribution in [2.75, 3.05) is 13.7 Å². The minimum Gasteiger partial charge on any atom is -0.480 e. The number of benzene rings is 1. The minimum absolute atomic E-state index is 0.331. The summed E-state index contributed by atoms with van der Waals surface area (Å²) in [6.07, 6.45) is 2.65. The minimum atomic E-state index is -1.04. The van der Waals surface area contributed by atoms with Gasteiger partial charge >= 0.3 is 5.97 Å². The van der Waals surface area contributed by atoms with Crippen molar-refractivity contribution in [1.82, 2.24) is 10.3 Å². The molecule has 0 saturated carbocycles. The standard InChI is InChI=1S/C15H18N2O4/c1-21-9-3-6-13(15(19)20)17-14(18)11-4-2-5-12-10(11)7-8-16-12/h2,4-5,7-8,13,16H,3,6,9H2,1H3,(H,17,18)(H,19,20). The summed E-state index contributed by atoms with van der Waals surface area (Å²) >= 11 is 0. The fourth-order valence-electron chi connectivity index (χ4n) is 2.21. The molecule has 2 aromatic rings. The van der Waals surface area contributed by atoms with Crippen LogP contribution in [-0.2, 0) is 9.53 Å². The van der Waals surface area contributed by atoms with E-state index in [1.807, 2.05) is 6.07 Å². The molecule has 1 heterocycles. The first-order chi connectivity index (χ1) is 10.1. The number of carbonyl (C=O) groups excluding carboxylic acids is 1. The number of hydrogen-bond acceptors (Lipinski definition) is 3. The van der Waals surface area contributed by atoms with Crippen LogP contribution in [-0.4, -0.2) is 41.7 Å². The van der Waals surface area contributed by atoms with E-state index in [9.17, 15) is 14.7 Å². The van der Waals surface area contributed by atoms with Gasteiger partial charge < -0.3 is 20.1 Å². The number of methoxy groups -OCH3 is 1. The first-order valence-electron chi connectivity index (χ1n) is 6.72. The number of aromatic nitrogens is 1. The molecule has 0 radical (unpaired) electrons. The number of carboxylic acids is 1.